The fourth-order valence-corrected chi connectivity index (χ4v) is 6.84. The van der Waals surface area contributed by atoms with Crippen molar-refractivity contribution in [3.8, 4) is 22.6 Å². The number of carbonyl (C=O) groups excluding carboxylic acids is 2. The van der Waals surface area contributed by atoms with Crippen LogP contribution in [-0.2, 0) is 29.8 Å². The number of allylic oxidation sites excluding steroid dienone is 2. The number of hydrogen-bond donors (Lipinski definition) is 4. The lowest BCUT2D eigenvalue weighted by Gasteiger charge is -2.19. The third-order valence-electron chi connectivity index (χ3n) is 7.75. The molecule has 254 valence electrons. The third kappa shape index (κ3) is 6.55. The van der Waals surface area contributed by atoms with Gasteiger partial charge in [-0.05, 0) is 47.5 Å². The van der Waals surface area contributed by atoms with Gasteiger partial charge in [-0.15, -0.1) is 0 Å². The first-order valence-electron chi connectivity index (χ1n) is 14.5. The molecule has 6 rings (SSSR count). The van der Waals surface area contributed by atoms with Gasteiger partial charge in [0.25, 0.3) is 20.2 Å². The zero-order valence-electron chi connectivity index (χ0n) is 26.1. The number of hydrazone groups is 2. The lowest BCUT2D eigenvalue weighted by molar-refractivity contribution is -0.109. The lowest BCUT2D eigenvalue weighted by atomic mass is 9.95. The highest BCUT2D eigenvalue weighted by molar-refractivity contribution is 7.86. The first kappa shape index (κ1) is 33.9. The van der Waals surface area contributed by atoms with Crippen molar-refractivity contribution in [1.29, 1.82) is 0 Å². The number of carbonyl (C=O) groups is 2. The summed E-state index contributed by atoms with van der Waals surface area (Å²) >= 11 is 0. The number of anilines is 2. The lowest BCUT2D eigenvalue weighted by Crippen LogP contribution is -2.19. The van der Waals surface area contributed by atoms with Gasteiger partial charge < -0.3 is 9.47 Å². The van der Waals surface area contributed by atoms with E-state index in [1.165, 1.54) is 26.4 Å². The van der Waals surface area contributed by atoms with Crippen LogP contribution in [0.5, 0.6) is 11.5 Å². The zero-order valence-corrected chi connectivity index (χ0v) is 27.7. The summed E-state index contributed by atoms with van der Waals surface area (Å²) in [6, 6.07) is 18.0. The van der Waals surface area contributed by atoms with E-state index in [-0.39, 0.29) is 34.3 Å². The molecule has 50 heavy (non-hydrogen) atoms. The van der Waals surface area contributed by atoms with Crippen LogP contribution in [0.3, 0.4) is 0 Å². The van der Waals surface area contributed by atoms with Gasteiger partial charge in [0.15, 0.2) is 0 Å². The summed E-state index contributed by atoms with van der Waals surface area (Å²) in [6.45, 7) is 0. The maximum absolute atomic E-state index is 12.8. The van der Waals surface area contributed by atoms with Crippen LogP contribution < -0.4 is 20.3 Å². The second kappa shape index (κ2) is 13.2. The average Bonchev–Trinajstić information content (AvgIpc) is 3.09. The molecule has 0 aliphatic heterocycles. The predicted molar refractivity (Wildman–Crippen MR) is 186 cm³/mol. The number of ketones is 2. The monoisotopic (exact) mass is 714 g/mol. The molecule has 0 radical (unpaired) electrons. The normalized spacial score (nSPS) is 15.5. The first-order valence-corrected chi connectivity index (χ1v) is 17.4. The average molecular weight is 715 g/mol. The second-order valence-corrected chi connectivity index (χ2v) is 13.5. The van der Waals surface area contributed by atoms with Gasteiger partial charge in [-0.25, -0.2) is 0 Å². The Hall–Kier alpha value is -5.94. The van der Waals surface area contributed by atoms with Gasteiger partial charge in [0.2, 0.25) is 11.6 Å². The quantitative estimate of drug-likeness (QED) is 0.138. The van der Waals surface area contributed by atoms with Gasteiger partial charge >= 0.3 is 0 Å². The number of fused-ring (bicyclic) bond motifs is 2. The maximum atomic E-state index is 12.8. The molecule has 0 spiro atoms. The van der Waals surface area contributed by atoms with Crippen LogP contribution in [0.1, 0.15) is 22.3 Å². The summed E-state index contributed by atoms with van der Waals surface area (Å²) in [7, 11) is -7.73. The van der Waals surface area contributed by atoms with E-state index in [9.17, 15) is 35.5 Å². The minimum atomic E-state index is -5.10. The summed E-state index contributed by atoms with van der Waals surface area (Å²) in [5.74, 6) is -1.03. The molecule has 2 aliphatic carbocycles. The molecule has 0 saturated carbocycles. The number of rotatable bonds is 9. The van der Waals surface area contributed by atoms with E-state index in [0.29, 0.717) is 11.1 Å². The molecular weight excluding hydrogens is 689 g/mol. The van der Waals surface area contributed by atoms with Gasteiger partial charge in [0.1, 0.15) is 32.7 Å². The van der Waals surface area contributed by atoms with Gasteiger partial charge in [0.05, 0.1) is 25.6 Å². The van der Waals surface area contributed by atoms with Crippen LogP contribution in [0.25, 0.3) is 23.3 Å². The van der Waals surface area contributed by atoms with E-state index in [1.807, 2.05) is 0 Å². The Kier molecular flexibility index (Phi) is 8.94. The molecule has 0 amide bonds. The number of nitrogens with one attached hydrogen (secondary N) is 2. The van der Waals surface area contributed by atoms with Gasteiger partial charge in [-0.1, -0.05) is 60.7 Å². The van der Waals surface area contributed by atoms with E-state index in [2.05, 4.69) is 21.1 Å². The summed E-state index contributed by atoms with van der Waals surface area (Å²) in [5, 5.41) is 8.38. The molecule has 4 aromatic rings. The van der Waals surface area contributed by atoms with Crippen molar-refractivity contribution >= 4 is 66.8 Å². The molecule has 16 heteroatoms. The molecule has 0 fully saturated rings. The van der Waals surface area contributed by atoms with Crippen molar-refractivity contribution < 1.29 is 45.0 Å². The van der Waals surface area contributed by atoms with Crippen molar-refractivity contribution in [3.05, 3.63) is 107 Å². The molecule has 4 N–H and O–H groups in total. The van der Waals surface area contributed by atoms with Crippen LogP contribution >= 0.6 is 0 Å². The molecule has 2 aliphatic rings. The van der Waals surface area contributed by atoms with Crippen molar-refractivity contribution in [3.63, 3.8) is 0 Å². The summed E-state index contributed by atoms with van der Waals surface area (Å²) < 4.78 is 82.6. The Morgan fingerprint density at radius 3 is 1.30 bits per heavy atom. The number of nitrogens with zero attached hydrogens (tertiary/aromatic N) is 2. The van der Waals surface area contributed by atoms with E-state index in [0.717, 1.165) is 35.4 Å². The van der Waals surface area contributed by atoms with Crippen molar-refractivity contribution in [2.45, 2.75) is 9.79 Å². The molecule has 0 heterocycles. The summed E-state index contributed by atoms with van der Waals surface area (Å²) in [5.41, 5.74) is 6.68. The van der Waals surface area contributed by atoms with E-state index in [1.54, 1.807) is 60.7 Å². The minimum absolute atomic E-state index is 0.0159. The second-order valence-electron chi connectivity index (χ2n) is 10.8. The van der Waals surface area contributed by atoms with Crippen molar-refractivity contribution in [1.82, 2.24) is 0 Å². The Labute approximate surface area is 285 Å². The minimum Gasteiger partial charge on any atom is -0.494 e. The van der Waals surface area contributed by atoms with Crippen LogP contribution in [0, 0.1) is 0 Å². The van der Waals surface area contributed by atoms with E-state index < -0.39 is 52.7 Å². The molecular formula is C34H26N4O10S2. The fraction of sp³-hybridized carbons (Fsp3) is 0.0588. The summed E-state index contributed by atoms with van der Waals surface area (Å²) in [6.07, 6.45) is 5.90. The van der Waals surface area contributed by atoms with E-state index in [4.69, 9.17) is 9.47 Å². The Bertz CT molecular complexity index is 2280. The topological polar surface area (TPSA) is 210 Å². The van der Waals surface area contributed by atoms with Crippen LogP contribution in [-0.4, -0.2) is 63.2 Å². The molecule has 0 atom stereocenters. The Balaban J connectivity index is 1.47. The Morgan fingerprint density at radius 2 is 0.940 bits per heavy atom. The highest BCUT2D eigenvalue weighted by Gasteiger charge is 2.28. The van der Waals surface area contributed by atoms with Crippen LogP contribution in [0.2, 0.25) is 0 Å². The largest absolute Gasteiger partial charge is 0.494 e. The predicted octanol–water partition coefficient (Wildman–Crippen LogP) is 4.69. The zero-order chi connectivity index (χ0) is 35.8. The number of benzene rings is 4. The fourth-order valence-electron chi connectivity index (χ4n) is 5.41. The van der Waals surface area contributed by atoms with Crippen LogP contribution in [0.4, 0.5) is 11.4 Å². The number of methoxy groups -OCH3 is 2. The number of hydrogen-bond acceptors (Lipinski definition) is 12. The molecule has 0 unspecified atom stereocenters. The molecule has 0 bridgehead atoms. The SMILES string of the molecule is COc1cc(-c2cc(OC)c(NN=C3C(=O)C=Cc4ccccc43)cc2S(=O)(=O)O)c(S(=O)(=O)O)cc1NN=C1C(=O)C=Cc2ccccc21. The third-order valence-corrected chi connectivity index (χ3v) is 9.54. The molecule has 0 aromatic heterocycles. The van der Waals surface area contributed by atoms with Crippen molar-refractivity contribution in [2.75, 3.05) is 25.1 Å². The maximum Gasteiger partial charge on any atom is 0.295 e. The van der Waals surface area contributed by atoms with Crippen molar-refractivity contribution in [2.24, 2.45) is 10.2 Å². The Morgan fingerprint density at radius 1 is 0.560 bits per heavy atom. The highest BCUT2D eigenvalue weighted by Crippen LogP contribution is 2.43. The van der Waals surface area contributed by atoms with Crippen LogP contribution in [0.15, 0.2) is 105 Å². The molecule has 14 nitrogen and oxygen atoms in total. The van der Waals surface area contributed by atoms with Gasteiger partial charge in [0, 0.05) is 22.3 Å². The first-order chi connectivity index (χ1) is 23.8. The van der Waals surface area contributed by atoms with Gasteiger partial charge in [-0.2, -0.15) is 27.0 Å². The molecule has 4 aromatic carbocycles. The standard InChI is InChI=1S/C34H26N4O10S2/c1-47-29-15-23(31(49(41,42)43)17-25(29)35-37-33-21-9-5-3-7-19(21)11-13-27(33)39)24-16-30(48-2)26(18-32(24)50(44,45)46)36-38-34-22-10-6-4-8-20(22)12-14-28(34)40/h3-18,35-36H,1-2H3,(H,41,42,43)(H,44,45,46). The van der Waals surface area contributed by atoms with E-state index >= 15 is 0 Å². The van der Waals surface area contributed by atoms with Gasteiger partial charge in [-0.3, -0.25) is 29.5 Å². The summed E-state index contributed by atoms with van der Waals surface area (Å²) in [4.78, 5) is 23.7. The smallest absolute Gasteiger partial charge is 0.295 e. The number of ether oxygens (including phenoxy) is 2. The highest BCUT2D eigenvalue weighted by atomic mass is 32.2. The molecule has 0 saturated heterocycles.